The van der Waals surface area contributed by atoms with Crippen molar-refractivity contribution in [2.24, 2.45) is 0 Å². The van der Waals surface area contributed by atoms with Crippen LogP contribution >= 0.6 is 0 Å². The van der Waals surface area contributed by atoms with E-state index >= 15 is 0 Å². The number of H-pyrrole nitrogens is 1. The minimum Gasteiger partial charge on any atom is -0.462 e. The van der Waals surface area contributed by atoms with E-state index in [1.54, 1.807) is 6.92 Å². The van der Waals surface area contributed by atoms with E-state index in [0.29, 0.717) is 22.4 Å². The fourth-order valence-corrected chi connectivity index (χ4v) is 2.15. The SMILES string of the molecule is CCOC(=O)c1cc2c(NC(=O)c3ccc(N)nc3)n[nH]c2nc1N. The number of carbonyl (C=O) groups is 2. The summed E-state index contributed by atoms with van der Waals surface area (Å²) in [5.41, 5.74) is 12.0. The Bertz CT molecular complexity index is 950. The Morgan fingerprint density at radius 1 is 1.32 bits per heavy atom. The first-order chi connectivity index (χ1) is 12.0. The lowest BCUT2D eigenvalue weighted by atomic mass is 10.2. The number of esters is 1. The van der Waals surface area contributed by atoms with Crippen molar-refractivity contribution in [3.05, 3.63) is 35.5 Å². The number of nitrogens with zero attached hydrogens (tertiary/aromatic N) is 3. The third kappa shape index (κ3) is 3.17. The van der Waals surface area contributed by atoms with Gasteiger partial charge in [0, 0.05) is 6.20 Å². The van der Waals surface area contributed by atoms with Crippen LogP contribution in [0.4, 0.5) is 17.5 Å². The zero-order chi connectivity index (χ0) is 18.0. The highest BCUT2D eigenvalue weighted by Gasteiger charge is 2.18. The first-order valence-corrected chi connectivity index (χ1v) is 7.34. The number of aromatic nitrogens is 4. The molecule has 10 heteroatoms. The minimum absolute atomic E-state index is 0.00945. The van der Waals surface area contributed by atoms with Gasteiger partial charge in [-0.3, -0.25) is 9.89 Å². The van der Waals surface area contributed by atoms with Crippen molar-refractivity contribution >= 4 is 40.4 Å². The van der Waals surface area contributed by atoms with Crippen LogP contribution in [0.25, 0.3) is 11.0 Å². The van der Waals surface area contributed by atoms with E-state index in [0.717, 1.165) is 0 Å². The smallest absolute Gasteiger partial charge is 0.341 e. The topological polar surface area (TPSA) is 162 Å². The number of ether oxygens (including phenoxy) is 1. The Morgan fingerprint density at radius 3 is 2.80 bits per heavy atom. The fourth-order valence-electron chi connectivity index (χ4n) is 2.15. The van der Waals surface area contributed by atoms with Crippen LogP contribution in [0.2, 0.25) is 0 Å². The van der Waals surface area contributed by atoms with E-state index in [1.807, 2.05) is 0 Å². The fraction of sp³-hybridized carbons (Fsp3) is 0.133. The molecule has 0 unspecified atom stereocenters. The first-order valence-electron chi connectivity index (χ1n) is 7.34. The van der Waals surface area contributed by atoms with Crippen LogP contribution in [0.1, 0.15) is 27.6 Å². The number of fused-ring (bicyclic) bond motifs is 1. The van der Waals surface area contributed by atoms with Gasteiger partial charge in [-0.25, -0.2) is 14.8 Å². The van der Waals surface area contributed by atoms with Gasteiger partial charge >= 0.3 is 5.97 Å². The number of nitrogens with one attached hydrogen (secondary N) is 2. The van der Waals surface area contributed by atoms with Crippen molar-refractivity contribution in [2.75, 3.05) is 23.4 Å². The maximum atomic E-state index is 12.3. The Kier molecular flexibility index (Phi) is 4.16. The number of pyridine rings is 2. The first kappa shape index (κ1) is 16.2. The summed E-state index contributed by atoms with van der Waals surface area (Å²) < 4.78 is 4.94. The van der Waals surface area contributed by atoms with E-state index in [1.165, 1.54) is 24.4 Å². The van der Waals surface area contributed by atoms with Crippen molar-refractivity contribution in [1.82, 2.24) is 20.2 Å². The third-order valence-electron chi connectivity index (χ3n) is 3.36. The Hall–Kier alpha value is -3.69. The van der Waals surface area contributed by atoms with E-state index < -0.39 is 11.9 Å². The second kappa shape index (κ2) is 6.43. The van der Waals surface area contributed by atoms with Gasteiger partial charge in [0.2, 0.25) is 0 Å². The highest BCUT2D eigenvalue weighted by atomic mass is 16.5. The summed E-state index contributed by atoms with van der Waals surface area (Å²) in [4.78, 5) is 32.1. The van der Waals surface area contributed by atoms with Crippen LogP contribution in [-0.4, -0.2) is 38.6 Å². The molecule has 0 spiro atoms. The number of aromatic amines is 1. The Labute approximate surface area is 141 Å². The molecular weight excluding hydrogens is 326 g/mol. The molecule has 0 saturated carbocycles. The predicted molar refractivity (Wildman–Crippen MR) is 90.9 cm³/mol. The molecule has 128 valence electrons. The lowest BCUT2D eigenvalue weighted by molar-refractivity contribution is 0.0527. The molecule has 0 radical (unpaired) electrons. The largest absolute Gasteiger partial charge is 0.462 e. The second-order valence-corrected chi connectivity index (χ2v) is 5.04. The van der Waals surface area contributed by atoms with Gasteiger partial charge in [-0.15, -0.1) is 0 Å². The number of nitrogens with two attached hydrogens (primary N) is 2. The highest BCUT2D eigenvalue weighted by Crippen LogP contribution is 2.24. The number of amides is 1. The molecule has 0 saturated heterocycles. The van der Waals surface area contributed by atoms with E-state index in [-0.39, 0.29) is 23.8 Å². The molecule has 0 aromatic carbocycles. The molecule has 0 aliphatic carbocycles. The van der Waals surface area contributed by atoms with E-state index in [2.05, 4.69) is 25.5 Å². The molecule has 0 atom stereocenters. The molecule has 3 aromatic rings. The van der Waals surface area contributed by atoms with Gasteiger partial charge in [0.05, 0.1) is 17.6 Å². The maximum absolute atomic E-state index is 12.3. The van der Waals surface area contributed by atoms with Gasteiger partial charge in [0.15, 0.2) is 11.5 Å². The van der Waals surface area contributed by atoms with Crippen molar-refractivity contribution in [3.8, 4) is 0 Å². The van der Waals surface area contributed by atoms with Crippen LogP contribution in [0.3, 0.4) is 0 Å². The molecular formula is C15H15N7O3. The van der Waals surface area contributed by atoms with Crippen LogP contribution in [0.5, 0.6) is 0 Å². The average molecular weight is 341 g/mol. The Morgan fingerprint density at radius 2 is 2.12 bits per heavy atom. The number of rotatable bonds is 4. The molecule has 0 aliphatic heterocycles. The number of anilines is 3. The molecule has 10 nitrogen and oxygen atoms in total. The van der Waals surface area contributed by atoms with Crippen molar-refractivity contribution < 1.29 is 14.3 Å². The molecule has 6 N–H and O–H groups in total. The van der Waals surface area contributed by atoms with Gasteiger partial charge < -0.3 is 21.5 Å². The van der Waals surface area contributed by atoms with Gasteiger partial charge in [0.1, 0.15) is 17.2 Å². The molecule has 3 heterocycles. The number of carbonyl (C=O) groups excluding carboxylic acids is 2. The molecule has 0 fully saturated rings. The highest BCUT2D eigenvalue weighted by molar-refractivity contribution is 6.08. The van der Waals surface area contributed by atoms with Crippen LogP contribution in [0.15, 0.2) is 24.4 Å². The van der Waals surface area contributed by atoms with Gasteiger partial charge in [-0.05, 0) is 25.1 Å². The summed E-state index contributed by atoms with van der Waals surface area (Å²) in [6.07, 6.45) is 1.35. The summed E-state index contributed by atoms with van der Waals surface area (Å²) in [6, 6.07) is 4.52. The normalized spacial score (nSPS) is 10.6. The third-order valence-corrected chi connectivity index (χ3v) is 3.36. The summed E-state index contributed by atoms with van der Waals surface area (Å²) in [5, 5.41) is 9.69. The summed E-state index contributed by atoms with van der Waals surface area (Å²) in [6.45, 7) is 1.89. The monoisotopic (exact) mass is 341 g/mol. The summed E-state index contributed by atoms with van der Waals surface area (Å²) in [5.74, 6) is -0.517. The van der Waals surface area contributed by atoms with Crippen molar-refractivity contribution in [3.63, 3.8) is 0 Å². The molecule has 0 aliphatic rings. The molecule has 3 aromatic heterocycles. The van der Waals surface area contributed by atoms with Gasteiger partial charge in [0.25, 0.3) is 5.91 Å². The minimum atomic E-state index is -0.601. The van der Waals surface area contributed by atoms with Crippen LogP contribution < -0.4 is 16.8 Å². The zero-order valence-corrected chi connectivity index (χ0v) is 13.2. The van der Waals surface area contributed by atoms with E-state index in [4.69, 9.17) is 16.2 Å². The molecule has 3 rings (SSSR count). The molecule has 1 amide bonds. The lowest BCUT2D eigenvalue weighted by Crippen LogP contribution is -2.13. The van der Waals surface area contributed by atoms with Crippen molar-refractivity contribution in [1.29, 1.82) is 0 Å². The van der Waals surface area contributed by atoms with Crippen molar-refractivity contribution in [2.45, 2.75) is 6.92 Å². The standard InChI is InChI=1S/C15H15N7O3/c1-2-25-15(24)8-5-9-12(19-11(8)17)21-22-13(9)20-14(23)7-3-4-10(16)18-6-7/h3-6H,2H2,1H3,(H2,16,18)(H4,17,19,20,21,22,23). The lowest BCUT2D eigenvalue weighted by Gasteiger charge is -2.06. The molecule has 0 bridgehead atoms. The Balaban J connectivity index is 1.94. The predicted octanol–water partition coefficient (Wildman–Crippen LogP) is 0.946. The maximum Gasteiger partial charge on any atom is 0.341 e. The van der Waals surface area contributed by atoms with Crippen LogP contribution in [-0.2, 0) is 4.74 Å². The quantitative estimate of drug-likeness (QED) is 0.510. The van der Waals surface area contributed by atoms with Crippen LogP contribution in [0, 0.1) is 0 Å². The zero-order valence-electron chi connectivity index (χ0n) is 13.2. The number of hydrogen-bond acceptors (Lipinski definition) is 8. The van der Waals surface area contributed by atoms with Gasteiger partial charge in [-0.2, -0.15) is 5.10 Å². The number of hydrogen-bond donors (Lipinski definition) is 4. The summed E-state index contributed by atoms with van der Waals surface area (Å²) in [7, 11) is 0. The summed E-state index contributed by atoms with van der Waals surface area (Å²) >= 11 is 0. The van der Waals surface area contributed by atoms with Gasteiger partial charge in [-0.1, -0.05) is 0 Å². The molecule has 25 heavy (non-hydrogen) atoms. The second-order valence-electron chi connectivity index (χ2n) is 5.04. The number of nitrogen functional groups attached to an aromatic ring is 2. The van der Waals surface area contributed by atoms with E-state index in [9.17, 15) is 9.59 Å². The average Bonchev–Trinajstić information content (AvgIpc) is 2.96.